The molecule has 8 nitrogen and oxygen atoms in total. The van der Waals surface area contributed by atoms with Gasteiger partial charge in [-0.2, -0.15) is 5.10 Å². The third kappa shape index (κ3) is 3.62. The molecule has 0 aliphatic rings. The molecule has 0 amide bonds. The van der Waals surface area contributed by atoms with Gasteiger partial charge in [0.2, 0.25) is 5.88 Å². The Bertz CT molecular complexity index is 863. The number of aliphatic imine (C=N–C) groups is 1. The summed E-state index contributed by atoms with van der Waals surface area (Å²) in [4.78, 5) is 19.2. The van der Waals surface area contributed by atoms with Crippen LogP contribution in [0, 0.1) is 4.77 Å². The van der Waals surface area contributed by atoms with Crippen LogP contribution in [0.2, 0.25) is 0 Å². The van der Waals surface area contributed by atoms with Crippen LogP contribution in [0.3, 0.4) is 0 Å². The van der Waals surface area contributed by atoms with Crippen LogP contribution in [-0.4, -0.2) is 43.9 Å². The highest BCUT2D eigenvalue weighted by atomic mass is 32.1. The second-order valence-corrected chi connectivity index (χ2v) is 5.91. The second kappa shape index (κ2) is 7.54. The lowest BCUT2D eigenvalue weighted by molar-refractivity contribution is 0.182. The van der Waals surface area contributed by atoms with Gasteiger partial charge in [0.25, 0.3) is 5.56 Å². The number of aromatic hydroxyl groups is 1. The number of aromatic nitrogens is 4. The number of aromatic amines is 1. The van der Waals surface area contributed by atoms with Gasteiger partial charge in [-0.15, -0.1) is 0 Å². The molecule has 0 unspecified atom stereocenters. The minimum absolute atomic E-state index is 0.0798. The number of rotatable bonds is 6. The van der Waals surface area contributed by atoms with E-state index in [0.29, 0.717) is 24.7 Å². The van der Waals surface area contributed by atoms with Gasteiger partial charge in [0.05, 0.1) is 25.1 Å². The molecular formula is C15H21N5O3S. The number of nitrogens with zero attached hydrogens (tertiary/aromatic N) is 4. The summed E-state index contributed by atoms with van der Waals surface area (Å²) in [5.41, 5.74) is -0.0310. The molecule has 2 aromatic heterocycles. The van der Waals surface area contributed by atoms with E-state index in [1.807, 2.05) is 13.8 Å². The van der Waals surface area contributed by atoms with E-state index in [1.54, 1.807) is 31.0 Å². The summed E-state index contributed by atoms with van der Waals surface area (Å²) in [5, 5.41) is 14.7. The topological polar surface area (TPSA) is 97.4 Å². The van der Waals surface area contributed by atoms with Gasteiger partial charge in [0.1, 0.15) is 5.56 Å². The largest absolute Gasteiger partial charge is 0.494 e. The van der Waals surface area contributed by atoms with Gasteiger partial charge in [-0.1, -0.05) is 0 Å². The number of hydrogen-bond donors (Lipinski definition) is 2. The lowest BCUT2D eigenvalue weighted by Crippen LogP contribution is -2.23. The van der Waals surface area contributed by atoms with Gasteiger partial charge in [0.15, 0.2) is 10.6 Å². The van der Waals surface area contributed by atoms with Crippen molar-refractivity contribution in [3.8, 4) is 5.88 Å². The van der Waals surface area contributed by atoms with Crippen molar-refractivity contribution in [1.29, 1.82) is 0 Å². The second-order valence-electron chi connectivity index (χ2n) is 5.53. The van der Waals surface area contributed by atoms with E-state index in [9.17, 15) is 9.90 Å². The van der Waals surface area contributed by atoms with Crippen LogP contribution in [0.4, 0.5) is 5.82 Å². The van der Waals surface area contributed by atoms with E-state index in [0.717, 1.165) is 0 Å². The Morgan fingerprint density at radius 1 is 1.54 bits per heavy atom. The summed E-state index contributed by atoms with van der Waals surface area (Å²) in [7, 11) is 1.55. The molecule has 0 radical (unpaired) electrons. The number of methoxy groups -OCH3 is 1. The smallest absolute Gasteiger partial charge is 0.264 e. The Hall–Kier alpha value is -2.26. The monoisotopic (exact) mass is 351 g/mol. The first kappa shape index (κ1) is 18.1. The Labute approximate surface area is 144 Å². The van der Waals surface area contributed by atoms with Gasteiger partial charge >= 0.3 is 0 Å². The van der Waals surface area contributed by atoms with Crippen LogP contribution in [0.25, 0.3) is 0 Å². The summed E-state index contributed by atoms with van der Waals surface area (Å²) in [6.45, 7) is 6.30. The standard InChI is InChI=1S/C15H21N5O3S/c1-9(2)20-11(5-6-16-20)17-10(3)12-13(21)18-15(24)19(14(12)22)7-8-23-4/h5-6,9,22H,7-8H2,1-4H3,(H,18,21,24). The van der Waals surface area contributed by atoms with Gasteiger partial charge in [0, 0.05) is 19.2 Å². The quantitative estimate of drug-likeness (QED) is 0.614. The number of hydrogen-bond acceptors (Lipinski definition) is 6. The highest BCUT2D eigenvalue weighted by molar-refractivity contribution is 7.71. The molecule has 130 valence electrons. The first-order valence-corrected chi connectivity index (χ1v) is 7.91. The molecule has 0 aliphatic carbocycles. The number of H-pyrrole nitrogens is 1. The van der Waals surface area contributed by atoms with Gasteiger partial charge in [-0.3, -0.25) is 14.3 Å². The average molecular weight is 351 g/mol. The van der Waals surface area contributed by atoms with Crippen molar-refractivity contribution in [2.24, 2.45) is 4.99 Å². The Balaban J connectivity index is 2.55. The summed E-state index contributed by atoms with van der Waals surface area (Å²) in [6.07, 6.45) is 1.64. The first-order chi connectivity index (χ1) is 11.4. The molecule has 0 fully saturated rings. The fraction of sp³-hybridized carbons (Fsp3) is 0.467. The molecule has 0 saturated carbocycles. The fourth-order valence-corrected chi connectivity index (χ4v) is 2.57. The molecule has 0 atom stereocenters. The molecule has 0 aliphatic heterocycles. The molecule has 9 heteroatoms. The maximum atomic E-state index is 12.2. The van der Waals surface area contributed by atoms with E-state index in [1.165, 1.54) is 4.57 Å². The van der Waals surface area contributed by atoms with Gasteiger partial charge in [-0.25, -0.2) is 9.67 Å². The molecule has 2 rings (SSSR count). The maximum Gasteiger partial charge on any atom is 0.264 e. The van der Waals surface area contributed by atoms with Crippen molar-refractivity contribution < 1.29 is 9.84 Å². The van der Waals surface area contributed by atoms with Crippen LogP contribution >= 0.6 is 12.2 Å². The van der Waals surface area contributed by atoms with E-state index in [4.69, 9.17) is 17.0 Å². The van der Waals surface area contributed by atoms with Crippen molar-refractivity contribution in [2.45, 2.75) is 33.4 Å². The van der Waals surface area contributed by atoms with Gasteiger partial charge < -0.3 is 9.84 Å². The molecular weight excluding hydrogens is 330 g/mol. The summed E-state index contributed by atoms with van der Waals surface area (Å²) in [6, 6.07) is 1.87. The highest BCUT2D eigenvalue weighted by Crippen LogP contribution is 2.20. The van der Waals surface area contributed by atoms with Crippen molar-refractivity contribution in [3.05, 3.63) is 33.0 Å². The zero-order valence-electron chi connectivity index (χ0n) is 14.1. The summed E-state index contributed by atoms with van der Waals surface area (Å²) in [5.74, 6) is 0.379. The third-order valence-corrected chi connectivity index (χ3v) is 3.80. The summed E-state index contributed by atoms with van der Waals surface area (Å²) >= 11 is 5.10. The minimum atomic E-state index is -0.483. The Kier molecular flexibility index (Phi) is 5.68. The van der Waals surface area contributed by atoms with Crippen LogP contribution in [0.5, 0.6) is 5.88 Å². The molecule has 2 N–H and O–H groups in total. The summed E-state index contributed by atoms with van der Waals surface area (Å²) < 4.78 is 8.28. The predicted molar refractivity (Wildman–Crippen MR) is 93.9 cm³/mol. The fourth-order valence-electron chi connectivity index (χ4n) is 2.30. The highest BCUT2D eigenvalue weighted by Gasteiger charge is 2.16. The molecule has 0 spiro atoms. The third-order valence-electron chi connectivity index (χ3n) is 3.47. The molecule has 2 heterocycles. The van der Waals surface area contributed by atoms with Crippen molar-refractivity contribution in [1.82, 2.24) is 19.3 Å². The number of ether oxygens (including phenoxy) is 1. The van der Waals surface area contributed by atoms with E-state index >= 15 is 0 Å². The van der Waals surface area contributed by atoms with E-state index in [2.05, 4.69) is 15.1 Å². The molecule has 0 aromatic carbocycles. The van der Waals surface area contributed by atoms with Crippen LogP contribution in [0.1, 0.15) is 32.4 Å². The van der Waals surface area contributed by atoms with E-state index in [-0.39, 0.29) is 22.3 Å². The molecule has 2 aromatic rings. The Morgan fingerprint density at radius 3 is 2.88 bits per heavy atom. The minimum Gasteiger partial charge on any atom is -0.494 e. The zero-order valence-corrected chi connectivity index (χ0v) is 14.9. The van der Waals surface area contributed by atoms with Crippen molar-refractivity contribution in [3.63, 3.8) is 0 Å². The van der Waals surface area contributed by atoms with Crippen LogP contribution in [-0.2, 0) is 11.3 Å². The lowest BCUT2D eigenvalue weighted by Gasteiger charge is -2.13. The SMILES string of the molecule is COCCn1c(O)c(C(C)=Nc2ccnn2C(C)C)c(=O)[nH]c1=S. The molecule has 0 bridgehead atoms. The lowest BCUT2D eigenvalue weighted by atomic mass is 10.2. The Morgan fingerprint density at radius 2 is 2.25 bits per heavy atom. The maximum absolute atomic E-state index is 12.2. The first-order valence-electron chi connectivity index (χ1n) is 7.51. The van der Waals surface area contributed by atoms with Crippen LogP contribution in [0.15, 0.2) is 22.1 Å². The molecule has 0 saturated heterocycles. The van der Waals surface area contributed by atoms with Crippen LogP contribution < -0.4 is 5.56 Å². The average Bonchev–Trinajstić information content (AvgIpc) is 2.95. The van der Waals surface area contributed by atoms with Crippen molar-refractivity contribution in [2.75, 3.05) is 13.7 Å². The molecule has 24 heavy (non-hydrogen) atoms. The predicted octanol–water partition coefficient (Wildman–Crippen LogP) is 2.18. The van der Waals surface area contributed by atoms with E-state index < -0.39 is 5.56 Å². The number of nitrogens with one attached hydrogen (secondary N) is 1. The van der Waals surface area contributed by atoms with Gasteiger partial charge in [-0.05, 0) is 33.0 Å². The zero-order chi connectivity index (χ0) is 17.9. The van der Waals surface area contributed by atoms with Crippen molar-refractivity contribution >= 4 is 23.7 Å². The normalized spacial score (nSPS) is 12.1.